The Kier molecular flexibility index (Phi) is 5.63. The van der Waals surface area contributed by atoms with E-state index in [1.165, 1.54) is 18.3 Å². The zero-order chi connectivity index (χ0) is 17.0. The Morgan fingerprint density at radius 3 is 2.48 bits per heavy atom. The summed E-state index contributed by atoms with van der Waals surface area (Å²) in [6.07, 6.45) is 1.43. The zero-order valence-electron chi connectivity index (χ0n) is 12.7. The number of hydrogen-bond acceptors (Lipinski definition) is 3. The number of rotatable bonds is 4. The third-order valence-electron chi connectivity index (χ3n) is 3.24. The average Bonchev–Trinajstić information content (AvgIpc) is 3.02. The fourth-order valence-electron chi connectivity index (χ4n) is 1.98. The Morgan fingerprint density at radius 1 is 1.17 bits per heavy atom. The normalized spacial score (nSPS) is 10.4. The second kappa shape index (κ2) is 7.48. The molecule has 0 aliphatic rings. The highest BCUT2D eigenvalue weighted by Gasteiger charge is 2.17. The van der Waals surface area contributed by atoms with E-state index in [1.54, 1.807) is 17.0 Å². The van der Waals surface area contributed by atoms with Crippen LogP contribution in [-0.4, -0.2) is 39.7 Å². The van der Waals surface area contributed by atoms with Crippen LogP contribution in [0.2, 0.25) is 10.0 Å². The molecule has 0 atom stereocenters. The van der Waals surface area contributed by atoms with Gasteiger partial charge in [0.1, 0.15) is 0 Å². The van der Waals surface area contributed by atoms with E-state index < -0.39 is 6.03 Å². The van der Waals surface area contributed by atoms with Crippen molar-refractivity contribution in [3.63, 3.8) is 0 Å². The van der Waals surface area contributed by atoms with Crippen molar-refractivity contribution in [2.45, 2.75) is 13.8 Å². The number of carbonyl (C=O) groups excluding carboxylic acids is 2. The van der Waals surface area contributed by atoms with E-state index in [4.69, 9.17) is 23.2 Å². The summed E-state index contributed by atoms with van der Waals surface area (Å²) >= 11 is 11.7. The topological polar surface area (TPSA) is 67.2 Å². The highest BCUT2D eigenvalue weighted by molar-refractivity contribution is 6.42. The maximum absolute atomic E-state index is 12.2. The van der Waals surface area contributed by atoms with Gasteiger partial charge in [0.2, 0.25) is 0 Å². The maximum Gasteiger partial charge on any atom is 0.346 e. The zero-order valence-corrected chi connectivity index (χ0v) is 14.2. The molecule has 23 heavy (non-hydrogen) atoms. The molecule has 1 aromatic heterocycles. The van der Waals surface area contributed by atoms with Crippen LogP contribution >= 0.6 is 23.2 Å². The van der Waals surface area contributed by atoms with Crippen molar-refractivity contribution in [3.8, 4) is 0 Å². The molecule has 1 N–H and O–H groups in total. The molecule has 0 unspecified atom stereocenters. The van der Waals surface area contributed by atoms with Crippen LogP contribution in [0.25, 0.3) is 0 Å². The van der Waals surface area contributed by atoms with Crippen LogP contribution in [0.1, 0.15) is 24.3 Å². The third-order valence-corrected chi connectivity index (χ3v) is 3.98. The van der Waals surface area contributed by atoms with E-state index in [0.29, 0.717) is 28.8 Å². The summed E-state index contributed by atoms with van der Waals surface area (Å²) in [6, 6.07) is 5.75. The minimum absolute atomic E-state index is 0.212. The van der Waals surface area contributed by atoms with Crippen LogP contribution in [0.5, 0.6) is 0 Å². The smallest absolute Gasteiger partial charge is 0.338 e. The lowest BCUT2D eigenvalue weighted by atomic mass is 10.3. The molecule has 0 spiro atoms. The monoisotopic (exact) mass is 354 g/mol. The second-order valence-electron chi connectivity index (χ2n) is 4.68. The molecular weight excluding hydrogens is 339 g/mol. The van der Waals surface area contributed by atoms with Gasteiger partial charge in [-0.2, -0.15) is 9.78 Å². The number of nitrogens with one attached hydrogen (secondary N) is 1. The Balaban J connectivity index is 2.12. The van der Waals surface area contributed by atoms with Crippen LogP contribution in [0.3, 0.4) is 0 Å². The minimum Gasteiger partial charge on any atom is -0.338 e. The molecule has 2 aromatic rings. The lowest BCUT2D eigenvalue weighted by Gasteiger charge is -2.16. The summed E-state index contributed by atoms with van der Waals surface area (Å²) in [5.41, 5.74) is 0.703. The molecule has 0 saturated carbocycles. The lowest BCUT2D eigenvalue weighted by Crippen LogP contribution is -2.31. The first-order valence-electron chi connectivity index (χ1n) is 7.07. The summed E-state index contributed by atoms with van der Waals surface area (Å²) in [7, 11) is 0. The SMILES string of the molecule is CCN(CC)C(=O)c1ccn(C(=O)Nc2ccc(Cl)c(Cl)c2)n1. The minimum atomic E-state index is -0.498. The lowest BCUT2D eigenvalue weighted by molar-refractivity contribution is 0.0766. The van der Waals surface area contributed by atoms with E-state index >= 15 is 0 Å². The van der Waals surface area contributed by atoms with Gasteiger partial charge in [-0.05, 0) is 38.1 Å². The number of benzene rings is 1. The molecule has 0 aliphatic carbocycles. The molecule has 0 bridgehead atoms. The van der Waals surface area contributed by atoms with Crippen molar-refractivity contribution in [3.05, 3.63) is 46.2 Å². The van der Waals surface area contributed by atoms with E-state index in [2.05, 4.69) is 10.4 Å². The van der Waals surface area contributed by atoms with Crippen LogP contribution < -0.4 is 5.32 Å². The van der Waals surface area contributed by atoms with Crippen LogP contribution in [-0.2, 0) is 0 Å². The predicted octanol–water partition coefficient (Wildman–Crippen LogP) is 3.75. The van der Waals surface area contributed by atoms with E-state index in [0.717, 1.165) is 4.68 Å². The molecule has 0 saturated heterocycles. The molecule has 0 aliphatic heterocycles. The molecule has 0 radical (unpaired) electrons. The van der Waals surface area contributed by atoms with Gasteiger partial charge in [-0.25, -0.2) is 4.79 Å². The fourth-order valence-corrected chi connectivity index (χ4v) is 2.28. The molecule has 1 heterocycles. The second-order valence-corrected chi connectivity index (χ2v) is 5.50. The number of halogens is 2. The van der Waals surface area contributed by atoms with Crippen molar-refractivity contribution in [1.82, 2.24) is 14.7 Å². The van der Waals surface area contributed by atoms with Crippen LogP contribution in [0.15, 0.2) is 30.5 Å². The molecule has 6 nitrogen and oxygen atoms in total. The maximum atomic E-state index is 12.2. The first-order valence-corrected chi connectivity index (χ1v) is 7.83. The van der Waals surface area contributed by atoms with Gasteiger partial charge in [0, 0.05) is 25.0 Å². The number of carbonyl (C=O) groups is 2. The average molecular weight is 355 g/mol. The van der Waals surface area contributed by atoms with E-state index in [-0.39, 0.29) is 11.6 Å². The Hall–Kier alpha value is -2.05. The summed E-state index contributed by atoms with van der Waals surface area (Å²) < 4.78 is 1.07. The standard InChI is InChI=1S/C15H16Cl2N4O2/c1-3-20(4-2)14(22)13-7-8-21(19-13)15(23)18-10-5-6-11(16)12(17)9-10/h5-9H,3-4H2,1-2H3,(H,18,23). The van der Waals surface area contributed by atoms with Gasteiger partial charge in [0.15, 0.2) is 5.69 Å². The number of amides is 2. The first-order chi connectivity index (χ1) is 11.0. The van der Waals surface area contributed by atoms with Gasteiger partial charge in [-0.1, -0.05) is 23.2 Å². The molecule has 0 fully saturated rings. The molecule has 2 amide bonds. The largest absolute Gasteiger partial charge is 0.346 e. The van der Waals surface area contributed by atoms with Gasteiger partial charge < -0.3 is 10.2 Å². The van der Waals surface area contributed by atoms with Gasteiger partial charge in [0.25, 0.3) is 5.91 Å². The van der Waals surface area contributed by atoms with Crippen molar-refractivity contribution in [1.29, 1.82) is 0 Å². The fraction of sp³-hybridized carbons (Fsp3) is 0.267. The first kappa shape index (κ1) is 17.3. The van der Waals surface area contributed by atoms with Crippen molar-refractivity contribution < 1.29 is 9.59 Å². The Morgan fingerprint density at radius 2 is 1.87 bits per heavy atom. The molecular formula is C15H16Cl2N4O2. The summed E-state index contributed by atoms with van der Waals surface area (Å²) in [5.74, 6) is -0.212. The highest BCUT2D eigenvalue weighted by Crippen LogP contribution is 2.25. The summed E-state index contributed by atoms with van der Waals surface area (Å²) in [5, 5.41) is 7.38. The van der Waals surface area contributed by atoms with Crippen molar-refractivity contribution >= 4 is 40.8 Å². The number of hydrogen-bond donors (Lipinski definition) is 1. The van der Waals surface area contributed by atoms with Crippen molar-refractivity contribution in [2.24, 2.45) is 0 Å². The number of aromatic nitrogens is 2. The highest BCUT2D eigenvalue weighted by atomic mass is 35.5. The Labute approximate surface area is 144 Å². The Bertz CT molecular complexity index is 726. The third kappa shape index (κ3) is 4.03. The van der Waals surface area contributed by atoms with Gasteiger partial charge >= 0.3 is 6.03 Å². The molecule has 122 valence electrons. The molecule has 2 rings (SSSR count). The van der Waals surface area contributed by atoms with Crippen LogP contribution in [0.4, 0.5) is 10.5 Å². The number of anilines is 1. The van der Waals surface area contributed by atoms with Gasteiger partial charge in [-0.3, -0.25) is 4.79 Å². The molecule has 1 aromatic carbocycles. The quantitative estimate of drug-likeness (QED) is 0.908. The van der Waals surface area contributed by atoms with Crippen molar-refractivity contribution in [2.75, 3.05) is 18.4 Å². The van der Waals surface area contributed by atoms with E-state index in [1.807, 2.05) is 13.8 Å². The number of nitrogens with zero attached hydrogens (tertiary/aromatic N) is 3. The van der Waals surface area contributed by atoms with Gasteiger partial charge in [-0.15, -0.1) is 0 Å². The van der Waals surface area contributed by atoms with E-state index in [9.17, 15) is 9.59 Å². The predicted molar refractivity (Wildman–Crippen MR) is 90.4 cm³/mol. The van der Waals surface area contributed by atoms with Crippen LogP contribution in [0, 0.1) is 0 Å². The summed E-state index contributed by atoms with van der Waals surface area (Å²) in [4.78, 5) is 25.9. The summed E-state index contributed by atoms with van der Waals surface area (Å²) in [6.45, 7) is 4.93. The van der Waals surface area contributed by atoms with Gasteiger partial charge in [0.05, 0.1) is 10.0 Å². The molecule has 8 heteroatoms.